The van der Waals surface area contributed by atoms with Crippen molar-refractivity contribution in [2.45, 2.75) is 32.2 Å². The Hall–Kier alpha value is -3.74. The van der Waals surface area contributed by atoms with Crippen LogP contribution >= 0.6 is 0 Å². The number of hydrogen-bond donors (Lipinski definition) is 2. The van der Waals surface area contributed by atoms with E-state index < -0.39 is 0 Å². The minimum Gasteiger partial charge on any atom is -0.379 e. The number of ether oxygens (including phenoxy) is 2. The highest BCUT2D eigenvalue weighted by Crippen LogP contribution is 2.31. The Morgan fingerprint density at radius 1 is 0.973 bits per heavy atom. The molecule has 1 saturated carbocycles. The van der Waals surface area contributed by atoms with Gasteiger partial charge in [0.15, 0.2) is 0 Å². The highest BCUT2D eigenvalue weighted by atomic mass is 16.5. The van der Waals surface area contributed by atoms with Crippen LogP contribution in [0.25, 0.3) is 10.8 Å². The fourth-order valence-corrected chi connectivity index (χ4v) is 4.70. The summed E-state index contributed by atoms with van der Waals surface area (Å²) in [6.45, 7) is 6.47. The number of anilines is 3. The Morgan fingerprint density at radius 3 is 2.62 bits per heavy atom. The molecule has 0 radical (unpaired) electrons. The van der Waals surface area contributed by atoms with Crippen molar-refractivity contribution in [3.8, 4) is 11.8 Å². The molecule has 1 aliphatic carbocycles. The zero-order valence-electron chi connectivity index (χ0n) is 20.9. The molecule has 2 saturated heterocycles. The van der Waals surface area contributed by atoms with Gasteiger partial charge in [-0.15, -0.1) is 0 Å². The molecule has 1 unspecified atom stereocenters. The minimum absolute atomic E-state index is 0.0305. The molecule has 9 heteroatoms. The molecular weight excluding hydrogens is 468 g/mol. The van der Waals surface area contributed by atoms with Crippen LogP contribution in [-0.2, 0) is 14.3 Å². The SMILES string of the molecule is Cc1ncc(C#Cc2cc(N3CCOCC3)c(NC3CCOC3)cn2)c2cc(NC(=O)C3CC3)ncc12. The van der Waals surface area contributed by atoms with Gasteiger partial charge >= 0.3 is 0 Å². The van der Waals surface area contributed by atoms with Crippen molar-refractivity contribution in [3.05, 3.63) is 47.7 Å². The first-order valence-corrected chi connectivity index (χ1v) is 12.9. The Labute approximate surface area is 216 Å². The third-order valence-electron chi connectivity index (χ3n) is 7.02. The molecule has 6 rings (SSSR count). The average Bonchev–Trinajstić information content (AvgIpc) is 3.66. The number of fused-ring (bicyclic) bond motifs is 1. The standard InChI is InChI=1S/C28H30N6O3/c1-18-24-15-31-27(33-28(35)19-2-3-19)13-23(24)20(14-29-18)4-5-21-12-26(34-7-10-36-11-8-34)25(16-30-21)32-22-6-9-37-17-22/h12-16,19,22,32H,2-3,6-11,17H2,1H3,(H,31,33,35). The third-order valence-corrected chi connectivity index (χ3v) is 7.02. The molecular formula is C28H30N6O3. The summed E-state index contributed by atoms with van der Waals surface area (Å²) in [5, 5.41) is 8.36. The van der Waals surface area contributed by atoms with Gasteiger partial charge in [-0.1, -0.05) is 5.92 Å². The molecule has 3 aromatic rings. The van der Waals surface area contributed by atoms with Crippen LogP contribution in [0.4, 0.5) is 17.2 Å². The number of morpholine rings is 1. The molecule has 3 aliphatic rings. The predicted octanol–water partition coefficient (Wildman–Crippen LogP) is 3.12. The molecule has 9 nitrogen and oxygen atoms in total. The quantitative estimate of drug-likeness (QED) is 0.518. The van der Waals surface area contributed by atoms with Gasteiger partial charge < -0.3 is 25.0 Å². The lowest BCUT2D eigenvalue weighted by molar-refractivity contribution is -0.117. The molecule has 5 heterocycles. The number of carbonyl (C=O) groups excluding carboxylic acids is 1. The van der Waals surface area contributed by atoms with Gasteiger partial charge in [0.05, 0.1) is 49.0 Å². The number of nitrogens with zero attached hydrogens (tertiary/aromatic N) is 4. The second-order valence-corrected chi connectivity index (χ2v) is 9.78. The second-order valence-electron chi connectivity index (χ2n) is 9.78. The first-order valence-electron chi connectivity index (χ1n) is 12.9. The van der Waals surface area contributed by atoms with E-state index in [2.05, 4.69) is 42.3 Å². The topological polar surface area (TPSA) is 102 Å². The summed E-state index contributed by atoms with van der Waals surface area (Å²) in [5.74, 6) is 7.19. The summed E-state index contributed by atoms with van der Waals surface area (Å²) in [4.78, 5) is 28.2. The number of amides is 1. The van der Waals surface area contributed by atoms with E-state index in [0.29, 0.717) is 31.3 Å². The highest BCUT2D eigenvalue weighted by Gasteiger charge is 2.29. The Kier molecular flexibility index (Phi) is 6.60. The Morgan fingerprint density at radius 2 is 1.84 bits per heavy atom. The van der Waals surface area contributed by atoms with E-state index in [4.69, 9.17) is 9.47 Å². The zero-order valence-corrected chi connectivity index (χ0v) is 20.9. The van der Waals surface area contributed by atoms with E-state index in [1.54, 1.807) is 12.4 Å². The lowest BCUT2D eigenvalue weighted by Crippen LogP contribution is -2.37. The summed E-state index contributed by atoms with van der Waals surface area (Å²) in [6.07, 6.45) is 8.27. The van der Waals surface area contributed by atoms with Gasteiger partial charge in [-0.2, -0.15) is 0 Å². The van der Waals surface area contributed by atoms with Gasteiger partial charge in [0, 0.05) is 54.5 Å². The maximum absolute atomic E-state index is 12.2. The molecule has 3 fully saturated rings. The monoisotopic (exact) mass is 498 g/mol. The van der Waals surface area contributed by atoms with Crippen molar-refractivity contribution in [2.75, 3.05) is 55.1 Å². The van der Waals surface area contributed by atoms with Crippen LogP contribution in [0.2, 0.25) is 0 Å². The van der Waals surface area contributed by atoms with Crippen molar-refractivity contribution in [2.24, 2.45) is 5.92 Å². The van der Waals surface area contributed by atoms with Crippen LogP contribution in [0.1, 0.15) is 36.2 Å². The van der Waals surface area contributed by atoms with Gasteiger partial charge in [-0.3, -0.25) is 9.78 Å². The van der Waals surface area contributed by atoms with Crippen LogP contribution in [0, 0.1) is 24.7 Å². The fraction of sp³-hybridized carbons (Fsp3) is 0.429. The minimum atomic E-state index is 0.0305. The zero-order chi connectivity index (χ0) is 25.2. The van der Waals surface area contributed by atoms with Crippen molar-refractivity contribution in [1.82, 2.24) is 15.0 Å². The molecule has 0 spiro atoms. The predicted molar refractivity (Wildman–Crippen MR) is 142 cm³/mol. The lowest BCUT2D eigenvalue weighted by Gasteiger charge is -2.31. The van der Waals surface area contributed by atoms with Gasteiger partial charge in [0.1, 0.15) is 11.5 Å². The summed E-state index contributed by atoms with van der Waals surface area (Å²) in [6, 6.07) is 4.22. The molecule has 190 valence electrons. The maximum Gasteiger partial charge on any atom is 0.228 e. The van der Waals surface area contributed by atoms with Gasteiger partial charge in [0.25, 0.3) is 0 Å². The van der Waals surface area contributed by atoms with Crippen molar-refractivity contribution in [3.63, 3.8) is 0 Å². The number of nitrogens with one attached hydrogen (secondary N) is 2. The van der Waals surface area contributed by atoms with Gasteiger partial charge in [-0.25, -0.2) is 9.97 Å². The number of aromatic nitrogens is 3. The summed E-state index contributed by atoms with van der Waals surface area (Å²) in [5.41, 5.74) is 4.39. The number of hydrogen-bond acceptors (Lipinski definition) is 8. The van der Waals surface area contributed by atoms with E-state index in [9.17, 15) is 4.79 Å². The summed E-state index contributed by atoms with van der Waals surface area (Å²) in [7, 11) is 0. The molecule has 2 aliphatic heterocycles. The molecule has 2 N–H and O–H groups in total. The smallest absolute Gasteiger partial charge is 0.228 e. The van der Waals surface area contributed by atoms with Crippen LogP contribution in [0.15, 0.2) is 30.7 Å². The number of rotatable bonds is 5. The van der Waals surface area contributed by atoms with E-state index in [1.807, 2.05) is 25.3 Å². The fourth-order valence-electron chi connectivity index (χ4n) is 4.70. The first-order chi connectivity index (χ1) is 18.1. The van der Waals surface area contributed by atoms with Crippen LogP contribution in [0.5, 0.6) is 0 Å². The molecule has 0 bridgehead atoms. The van der Waals surface area contributed by atoms with Gasteiger partial charge in [0.2, 0.25) is 5.91 Å². The van der Waals surface area contributed by atoms with E-state index in [1.165, 1.54) is 0 Å². The number of carbonyl (C=O) groups is 1. The third kappa shape index (κ3) is 5.36. The Balaban J connectivity index is 1.32. The van der Waals surface area contributed by atoms with Crippen molar-refractivity contribution < 1.29 is 14.3 Å². The lowest BCUT2D eigenvalue weighted by atomic mass is 10.1. The van der Waals surface area contributed by atoms with Crippen LogP contribution in [0.3, 0.4) is 0 Å². The van der Waals surface area contributed by atoms with Gasteiger partial charge in [-0.05, 0) is 44.2 Å². The molecule has 3 aromatic heterocycles. The number of aryl methyl sites for hydroxylation is 1. The molecule has 1 atom stereocenters. The normalized spacial score (nSPS) is 19.4. The summed E-state index contributed by atoms with van der Waals surface area (Å²) >= 11 is 0. The maximum atomic E-state index is 12.2. The van der Waals surface area contributed by atoms with Crippen LogP contribution < -0.4 is 15.5 Å². The van der Waals surface area contributed by atoms with Crippen molar-refractivity contribution in [1.29, 1.82) is 0 Å². The van der Waals surface area contributed by atoms with E-state index in [-0.39, 0.29) is 17.9 Å². The largest absolute Gasteiger partial charge is 0.379 e. The van der Waals surface area contributed by atoms with Crippen LogP contribution in [-0.4, -0.2) is 66.4 Å². The first kappa shape index (κ1) is 23.6. The second kappa shape index (κ2) is 10.3. The molecule has 1 amide bonds. The Bertz CT molecular complexity index is 1380. The highest BCUT2D eigenvalue weighted by molar-refractivity contribution is 5.96. The molecule has 37 heavy (non-hydrogen) atoms. The average molecular weight is 499 g/mol. The van der Waals surface area contributed by atoms with Crippen molar-refractivity contribution >= 4 is 33.9 Å². The molecule has 0 aromatic carbocycles. The van der Waals surface area contributed by atoms with E-state index in [0.717, 1.165) is 72.4 Å². The number of pyridine rings is 3. The summed E-state index contributed by atoms with van der Waals surface area (Å²) < 4.78 is 11.1. The van der Waals surface area contributed by atoms with E-state index >= 15 is 0 Å².